The lowest BCUT2D eigenvalue weighted by Gasteiger charge is -2.11. The second-order valence-corrected chi connectivity index (χ2v) is 11.2. The number of benzene rings is 4. The first-order valence-corrected chi connectivity index (χ1v) is 14.3. The fourth-order valence-corrected chi connectivity index (χ4v) is 5.95. The highest BCUT2D eigenvalue weighted by molar-refractivity contribution is 9.11. The van der Waals surface area contributed by atoms with E-state index in [2.05, 4.69) is 47.4 Å². The van der Waals surface area contributed by atoms with Gasteiger partial charge in [0.05, 0.1) is 23.4 Å². The molecule has 0 radical (unpaired) electrons. The summed E-state index contributed by atoms with van der Waals surface area (Å²) in [5.41, 5.74) is 6.90. The van der Waals surface area contributed by atoms with E-state index in [1.807, 2.05) is 43.3 Å². The summed E-state index contributed by atoms with van der Waals surface area (Å²) >= 11 is 13.4. The molecule has 0 atom stereocenters. The van der Waals surface area contributed by atoms with E-state index in [1.54, 1.807) is 42.5 Å². The number of hydrogen-bond donors (Lipinski definition) is 2. The Morgan fingerprint density at radius 2 is 1.78 bits per heavy atom. The van der Waals surface area contributed by atoms with Crippen molar-refractivity contribution in [1.29, 1.82) is 0 Å². The number of esters is 1. The van der Waals surface area contributed by atoms with E-state index in [4.69, 9.17) is 21.1 Å². The molecule has 1 heterocycles. The number of aryl methyl sites for hydroxylation is 1. The van der Waals surface area contributed by atoms with E-state index in [0.29, 0.717) is 42.1 Å². The van der Waals surface area contributed by atoms with Gasteiger partial charge in [-0.2, -0.15) is 5.10 Å². The number of nitrogens with zero attached hydrogens (tertiary/aromatic N) is 1. The van der Waals surface area contributed by atoms with Gasteiger partial charge in [0.15, 0.2) is 5.75 Å². The summed E-state index contributed by atoms with van der Waals surface area (Å²) in [4.78, 5) is 29.6. The molecule has 206 valence electrons. The van der Waals surface area contributed by atoms with Gasteiger partial charge in [-0.3, -0.25) is 4.79 Å². The van der Waals surface area contributed by atoms with Gasteiger partial charge in [0.25, 0.3) is 5.91 Å². The average molecular weight is 696 g/mol. The van der Waals surface area contributed by atoms with Gasteiger partial charge in [-0.05, 0) is 64.8 Å². The zero-order valence-corrected chi connectivity index (χ0v) is 25.7. The Bertz CT molecular complexity index is 1830. The van der Waals surface area contributed by atoms with E-state index in [1.165, 1.54) is 13.3 Å². The van der Waals surface area contributed by atoms with Crippen LogP contribution in [0.1, 0.15) is 32.0 Å². The average Bonchev–Trinajstić information content (AvgIpc) is 3.36. The van der Waals surface area contributed by atoms with Crippen LogP contribution in [0.4, 0.5) is 0 Å². The van der Waals surface area contributed by atoms with Crippen LogP contribution in [0.25, 0.3) is 22.0 Å². The van der Waals surface area contributed by atoms with Gasteiger partial charge in [-0.1, -0.05) is 70.0 Å². The number of H-pyrrole nitrogens is 1. The lowest BCUT2D eigenvalue weighted by atomic mass is 10.0. The molecule has 0 aliphatic carbocycles. The van der Waals surface area contributed by atoms with Crippen LogP contribution >= 0.6 is 43.5 Å². The number of hydrogen-bond acceptors (Lipinski definition) is 5. The highest BCUT2D eigenvalue weighted by Gasteiger charge is 2.22. The number of methoxy groups -OCH3 is 1. The van der Waals surface area contributed by atoms with Crippen molar-refractivity contribution in [2.75, 3.05) is 7.11 Å². The van der Waals surface area contributed by atoms with Gasteiger partial charge in [-0.15, -0.1) is 0 Å². The first-order valence-electron chi connectivity index (χ1n) is 12.3. The molecule has 0 aliphatic heterocycles. The minimum atomic E-state index is -0.580. The number of aromatic nitrogens is 1. The third kappa shape index (κ3) is 6.07. The van der Waals surface area contributed by atoms with Crippen LogP contribution < -0.4 is 14.9 Å². The summed E-state index contributed by atoms with van der Waals surface area (Å²) in [5, 5.41) is 5.58. The van der Waals surface area contributed by atoms with Crippen molar-refractivity contribution in [3.63, 3.8) is 0 Å². The summed E-state index contributed by atoms with van der Waals surface area (Å²) in [6.45, 7) is 1.97. The molecule has 10 heteroatoms. The number of para-hydroxylation sites is 1. The minimum absolute atomic E-state index is 0.233. The number of halogens is 3. The van der Waals surface area contributed by atoms with Gasteiger partial charge >= 0.3 is 5.97 Å². The number of carbonyl (C=O) groups excluding carboxylic acids is 2. The molecule has 1 aromatic heterocycles. The van der Waals surface area contributed by atoms with E-state index in [9.17, 15) is 9.59 Å². The highest BCUT2D eigenvalue weighted by Crippen LogP contribution is 2.38. The summed E-state index contributed by atoms with van der Waals surface area (Å²) in [6.07, 6.45) is 1.41. The number of amides is 1. The molecule has 41 heavy (non-hydrogen) atoms. The van der Waals surface area contributed by atoms with E-state index < -0.39 is 11.9 Å². The maximum Gasteiger partial charge on any atom is 0.343 e. The number of rotatable bonds is 7. The normalized spacial score (nSPS) is 11.1. The Morgan fingerprint density at radius 1 is 1.00 bits per heavy atom. The molecule has 1 amide bonds. The topological polar surface area (TPSA) is 92.8 Å². The van der Waals surface area contributed by atoms with Crippen molar-refractivity contribution in [1.82, 2.24) is 10.4 Å². The zero-order valence-electron chi connectivity index (χ0n) is 21.8. The summed E-state index contributed by atoms with van der Waals surface area (Å²) in [6, 6.07) is 23.3. The SMILES string of the molecule is COc1cccc(C(=O)Oc2c(Br)cc(Br)cc2C=NNC(=O)c2[nH]c3c(C)cccc3c2-c2ccccc2Cl)c1. The smallest absolute Gasteiger partial charge is 0.343 e. The second-order valence-electron chi connectivity index (χ2n) is 8.98. The number of fused-ring (bicyclic) bond motifs is 1. The lowest BCUT2D eigenvalue weighted by molar-refractivity contribution is 0.0732. The van der Waals surface area contributed by atoms with Crippen LogP contribution in [-0.2, 0) is 0 Å². The predicted octanol–water partition coefficient (Wildman–Crippen LogP) is 8.31. The van der Waals surface area contributed by atoms with Gasteiger partial charge in [0.1, 0.15) is 11.4 Å². The van der Waals surface area contributed by atoms with Crippen LogP contribution in [0, 0.1) is 6.92 Å². The standard InChI is InChI=1S/C31H22Br2ClN3O4/c1-17-7-5-11-23-26(22-10-3-4-12-25(22)34)28(36-27(17)23)30(38)37-35-16-19-13-20(32)15-24(33)29(19)41-31(39)18-8-6-9-21(14-18)40-2/h3-16,36H,1-2H3,(H,37,38). The predicted molar refractivity (Wildman–Crippen MR) is 168 cm³/mol. The molecule has 4 aromatic carbocycles. The highest BCUT2D eigenvalue weighted by atomic mass is 79.9. The maximum absolute atomic E-state index is 13.4. The lowest BCUT2D eigenvalue weighted by Crippen LogP contribution is -2.19. The van der Waals surface area contributed by atoms with Crippen LogP contribution in [0.5, 0.6) is 11.5 Å². The van der Waals surface area contributed by atoms with Crippen LogP contribution in [0.2, 0.25) is 5.02 Å². The first kappa shape index (κ1) is 28.6. The van der Waals surface area contributed by atoms with Gasteiger partial charge in [0.2, 0.25) is 0 Å². The number of ether oxygens (including phenoxy) is 2. The number of nitrogens with one attached hydrogen (secondary N) is 2. The molecule has 0 saturated heterocycles. The summed E-state index contributed by atoms with van der Waals surface area (Å²) < 4.78 is 12.1. The number of hydrazone groups is 1. The Hall–Kier alpha value is -3.92. The Balaban J connectivity index is 1.45. The summed E-state index contributed by atoms with van der Waals surface area (Å²) in [7, 11) is 1.52. The molecular formula is C31H22Br2ClN3O4. The van der Waals surface area contributed by atoms with Crippen LogP contribution in [0.15, 0.2) is 92.9 Å². The van der Waals surface area contributed by atoms with Crippen molar-refractivity contribution < 1.29 is 19.1 Å². The van der Waals surface area contributed by atoms with Crippen molar-refractivity contribution in [2.24, 2.45) is 5.10 Å². The molecule has 2 N–H and O–H groups in total. The van der Waals surface area contributed by atoms with Gasteiger partial charge in [-0.25, -0.2) is 10.2 Å². The monoisotopic (exact) mass is 693 g/mol. The molecule has 0 aliphatic rings. The molecular weight excluding hydrogens is 674 g/mol. The largest absolute Gasteiger partial charge is 0.497 e. The minimum Gasteiger partial charge on any atom is -0.497 e. The number of aromatic amines is 1. The third-order valence-corrected chi connectivity index (χ3v) is 7.70. The molecule has 5 rings (SSSR count). The molecule has 0 bridgehead atoms. The van der Waals surface area contributed by atoms with E-state index in [0.717, 1.165) is 22.0 Å². The first-order chi connectivity index (χ1) is 19.8. The molecule has 0 spiro atoms. The van der Waals surface area contributed by atoms with E-state index in [-0.39, 0.29) is 5.75 Å². The Kier molecular flexibility index (Phi) is 8.58. The van der Waals surface area contributed by atoms with Crippen molar-refractivity contribution in [3.05, 3.63) is 115 Å². The quantitative estimate of drug-likeness (QED) is 0.0776. The van der Waals surface area contributed by atoms with Gasteiger partial charge in [0, 0.05) is 37.1 Å². The van der Waals surface area contributed by atoms with Crippen LogP contribution in [0.3, 0.4) is 0 Å². The maximum atomic E-state index is 13.4. The second kappa shape index (κ2) is 12.3. The third-order valence-electron chi connectivity index (χ3n) is 6.32. The Morgan fingerprint density at radius 3 is 2.56 bits per heavy atom. The molecule has 7 nitrogen and oxygen atoms in total. The van der Waals surface area contributed by atoms with Crippen molar-refractivity contribution in [2.45, 2.75) is 6.92 Å². The molecule has 0 unspecified atom stereocenters. The van der Waals surface area contributed by atoms with Crippen LogP contribution in [-0.4, -0.2) is 30.2 Å². The molecule has 0 fully saturated rings. The van der Waals surface area contributed by atoms with E-state index >= 15 is 0 Å². The zero-order chi connectivity index (χ0) is 29.1. The van der Waals surface area contributed by atoms with Gasteiger partial charge < -0.3 is 14.5 Å². The molecule has 5 aromatic rings. The molecule has 0 saturated carbocycles. The van der Waals surface area contributed by atoms with Crippen molar-refractivity contribution >= 4 is 72.5 Å². The fourth-order valence-electron chi connectivity index (χ4n) is 4.38. The van der Waals surface area contributed by atoms with Crippen molar-refractivity contribution in [3.8, 4) is 22.6 Å². The Labute approximate surface area is 257 Å². The fraction of sp³-hybridized carbons (Fsp3) is 0.0645. The number of carbonyl (C=O) groups is 2. The summed E-state index contributed by atoms with van der Waals surface area (Å²) in [5.74, 6) is -0.279.